The predicted molar refractivity (Wildman–Crippen MR) is 164 cm³/mol. The van der Waals surface area contributed by atoms with Crippen molar-refractivity contribution in [3.05, 3.63) is 46.0 Å². The molecule has 0 aliphatic heterocycles. The van der Waals surface area contributed by atoms with Crippen LogP contribution >= 0.6 is 0 Å². The molecule has 8 nitrogen and oxygen atoms in total. The molecule has 0 radical (unpaired) electrons. The van der Waals surface area contributed by atoms with Gasteiger partial charge >= 0.3 is 23.9 Å². The van der Waals surface area contributed by atoms with Crippen LogP contribution in [0, 0.1) is 5.92 Å². The molecule has 8 heteroatoms. The maximum absolute atomic E-state index is 12.6. The first kappa shape index (κ1) is 34.8. The van der Waals surface area contributed by atoms with Crippen molar-refractivity contribution < 1.29 is 39.6 Å². The standard InChI is InChI=1S/C34H48O8/c1-3-5-7-9-11-12-14-16-18-23(17-15-13-10-8-6-4-2)21-24-22-27(33(39)40)29-25(31(35)36)19-20-26(32(37)38)30(29)28(24)34(41)42/h19-20,22-23H,3-18,21H2,1-2H3,(H,35,36)(H,37,38)(H,39,40)(H,41,42). The highest BCUT2D eigenvalue weighted by Crippen LogP contribution is 2.35. The van der Waals surface area contributed by atoms with Gasteiger partial charge in [-0.1, -0.05) is 117 Å². The van der Waals surface area contributed by atoms with E-state index in [0.29, 0.717) is 6.42 Å². The van der Waals surface area contributed by atoms with E-state index < -0.39 is 40.6 Å². The van der Waals surface area contributed by atoms with E-state index in [1.165, 1.54) is 51.0 Å². The van der Waals surface area contributed by atoms with E-state index in [9.17, 15) is 39.6 Å². The zero-order valence-electron chi connectivity index (χ0n) is 25.3. The first-order valence-corrected chi connectivity index (χ1v) is 15.7. The lowest BCUT2D eigenvalue weighted by atomic mass is 9.83. The molecule has 2 rings (SSSR count). The van der Waals surface area contributed by atoms with Crippen LogP contribution in [0.2, 0.25) is 0 Å². The molecule has 1 unspecified atom stereocenters. The number of carbonyl (C=O) groups is 4. The van der Waals surface area contributed by atoms with Crippen LogP contribution in [0.5, 0.6) is 0 Å². The van der Waals surface area contributed by atoms with E-state index in [2.05, 4.69) is 13.8 Å². The average molecular weight is 585 g/mol. The topological polar surface area (TPSA) is 149 Å². The summed E-state index contributed by atoms with van der Waals surface area (Å²) < 4.78 is 0. The first-order valence-electron chi connectivity index (χ1n) is 15.7. The van der Waals surface area contributed by atoms with E-state index >= 15 is 0 Å². The quantitative estimate of drug-likeness (QED) is 0.100. The summed E-state index contributed by atoms with van der Waals surface area (Å²) in [6.45, 7) is 4.37. The molecule has 0 aromatic heterocycles. The molecule has 42 heavy (non-hydrogen) atoms. The molecule has 0 amide bonds. The fourth-order valence-corrected chi connectivity index (χ4v) is 5.99. The van der Waals surface area contributed by atoms with Crippen LogP contribution in [0.25, 0.3) is 10.8 Å². The lowest BCUT2D eigenvalue weighted by Gasteiger charge is -2.21. The number of hydrogen-bond acceptors (Lipinski definition) is 4. The molecular formula is C34H48O8. The van der Waals surface area contributed by atoms with Gasteiger partial charge in [-0.05, 0) is 36.1 Å². The Morgan fingerprint density at radius 3 is 1.36 bits per heavy atom. The second kappa shape index (κ2) is 18.2. The number of fused-ring (bicyclic) bond motifs is 1. The predicted octanol–water partition coefficient (Wildman–Crippen LogP) is 9.07. The minimum atomic E-state index is -1.46. The van der Waals surface area contributed by atoms with Crippen molar-refractivity contribution in [1.82, 2.24) is 0 Å². The van der Waals surface area contributed by atoms with Gasteiger partial charge in [-0.3, -0.25) is 0 Å². The molecule has 0 heterocycles. The smallest absolute Gasteiger partial charge is 0.336 e. The van der Waals surface area contributed by atoms with Gasteiger partial charge < -0.3 is 20.4 Å². The number of benzene rings is 2. The fraction of sp³-hybridized carbons (Fsp3) is 0.588. The Morgan fingerprint density at radius 1 is 0.548 bits per heavy atom. The second-order valence-electron chi connectivity index (χ2n) is 11.5. The van der Waals surface area contributed by atoms with Crippen LogP contribution in [-0.2, 0) is 6.42 Å². The molecule has 0 fully saturated rings. The zero-order valence-corrected chi connectivity index (χ0v) is 25.3. The van der Waals surface area contributed by atoms with Crippen molar-refractivity contribution in [3.8, 4) is 0 Å². The van der Waals surface area contributed by atoms with Gasteiger partial charge in [-0.15, -0.1) is 0 Å². The molecule has 2 aromatic rings. The third-order valence-electron chi connectivity index (χ3n) is 8.21. The minimum Gasteiger partial charge on any atom is -0.478 e. The fourth-order valence-electron chi connectivity index (χ4n) is 5.99. The first-order chi connectivity index (χ1) is 20.1. The minimum absolute atomic E-state index is 0.101. The maximum Gasteiger partial charge on any atom is 0.336 e. The number of unbranched alkanes of at least 4 members (excludes halogenated alkanes) is 12. The molecule has 2 aromatic carbocycles. The van der Waals surface area contributed by atoms with Crippen molar-refractivity contribution in [2.45, 2.75) is 123 Å². The van der Waals surface area contributed by atoms with E-state index in [1.807, 2.05) is 0 Å². The zero-order chi connectivity index (χ0) is 31.1. The highest BCUT2D eigenvalue weighted by molar-refractivity contribution is 6.22. The van der Waals surface area contributed by atoms with Gasteiger partial charge in [0.25, 0.3) is 0 Å². The van der Waals surface area contributed by atoms with Crippen molar-refractivity contribution >= 4 is 34.6 Å². The highest BCUT2D eigenvalue weighted by Gasteiger charge is 2.29. The second-order valence-corrected chi connectivity index (χ2v) is 11.5. The van der Waals surface area contributed by atoms with Crippen molar-refractivity contribution in [3.63, 3.8) is 0 Å². The monoisotopic (exact) mass is 584 g/mol. The van der Waals surface area contributed by atoms with E-state index in [-0.39, 0.29) is 27.8 Å². The summed E-state index contributed by atoms with van der Waals surface area (Å²) in [5, 5.41) is 39.2. The van der Waals surface area contributed by atoms with Gasteiger partial charge in [0, 0.05) is 10.8 Å². The molecule has 0 bridgehead atoms. The summed E-state index contributed by atoms with van der Waals surface area (Å²) in [7, 11) is 0. The molecule has 232 valence electrons. The Kier molecular flexibility index (Phi) is 15.1. The number of rotatable bonds is 22. The van der Waals surface area contributed by atoms with Crippen LogP contribution in [0.3, 0.4) is 0 Å². The van der Waals surface area contributed by atoms with E-state index in [1.54, 1.807) is 0 Å². The summed E-state index contributed by atoms with van der Waals surface area (Å²) in [5.41, 5.74) is -1.33. The van der Waals surface area contributed by atoms with Crippen LogP contribution in [0.1, 0.15) is 164 Å². The maximum atomic E-state index is 12.6. The summed E-state index contributed by atoms with van der Waals surface area (Å²) in [6, 6.07) is 3.33. The molecule has 0 spiro atoms. The molecule has 0 saturated heterocycles. The Bertz CT molecular complexity index is 1220. The Balaban J connectivity index is 2.46. The third-order valence-corrected chi connectivity index (χ3v) is 8.21. The number of carboxylic acid groups (broad SMARTS) is 4. The third kappa shape index (κ3) is 10.1. The number of hydrogen-bond donors (Lipinski definition) is 4. The van der Waals surface area contributed by atoms with Gasteiger partial charge in [0.2, 0.25) is 0 Å². The molecular weight excluding hydrogens is 536 g/mol. The van der Waals surface area contributed by atoms with Crippen LogP contribution in [0.4, 0.5) is 0 Å². The lowest BCUT2D eigenvalue weighted by molar-refractivity contribution is 0.0674. The lowest BCUT2D eigenvalue weighted by Crippen LogP contribution is -2.16. The van der Waals surface area contributed by atoms with Crippen molar-refractivity contribution in [2.24, 2.45) is 5.92 Å². The molecule has 4 N–H and O–H groups in total. The summed E-state index contributed by atoms with van der Waals surface area (Å²) in [5.74, 6) is -5.64. The normalized spacial score (nSPS) is 12.0. The Labute approximate surface area is 249 Å². The molecule has 0 aliphatic carbocycles. The number of carboxylic acids is 4. The van der Waals surface area contributed by atoms with Gasteiger partial charge in [0.1, 0.15) is 0 Å². The van der Waals surface area contributed by atoms with Crippen LogP contribution in [0.15, 0.2) is 18.2 Å². The van der Waals surface area contributed by atoms with Gasteiger partial charge in [-0.2, -0.15) is 0 Å². The van der Waals surface area contributed by atoms with Gasteiger partial charge in [0.15, 0.2) is 0 Å². The summed E-state index contributed by atoms with van der Waals surface area (Å²) >= 11 is 0. The van der Waals surface area contributed by atoms with E-state index in [0.717, 1.165) is 69.9 Å². The number of aromatic carboxylic acids is 4. The Morgan fingerprint density at radius 2 is 0.952 bits per heavy atom. The Hall–Kier alpha value is -3.42. The highest BCUT2D eigenvalue weighted by atomic mass is 16.4. The molecule has 0 saturated carbocycles. The van der Waals surface area contributed by atoms with Crippen LogP contribution < -0.4 is 0 Å². The molecule has 1 atom stereocenters. The SMILES string of the molecule is CCCCCCCCCCC(CCCCCCCC)Cc1cc(C(=O)O)c2c(C(=O)O)ccc(C(=O)O)c2c1C(=O)O. The van der Waals surface area contributed by atoms with Gasteiger partial charge in [0.05, 0.1) is 22.3 Å². The summed E-state index contributed by atoms with van der Waals surface area (Å²) in [4.78, 5) is 49.1. The molecule has 0 aliphatic rings. The van der Waals surface area contributed by atoms with Crippen molar-refractivity contribution in [2.75, 3.05) is 0 Å². The van der Waals surface area contributed by atoms with Crippen molar-refractivity contribution in [1.29, 1.82) is 0 Å². The largest absolute Gasteiger partial charge is 0.478 e. The van der Waals surface area contributed by atoms with E-state index in [4.69, 9.17) is 0 Å². The van der Waals surface area contributed by atoms with Crippen LogP contribution in [-0.4, -0.2) is 44.3 Å². The van der Waals surface area contributed by atoms with Gasteiger partial charge in [-0.25, -0.2) is 19.2 Å². The average Bonchev–Trinajstić information content (AvgIpc) is 2.94. The summed E-state index contributed by atoms with van der Waals surface area (Å²) in [6.07, 6.45) is 18.1.